The lowest BCUT2D eigenvalue weighted by molar-refractivity contribution is 0.0974. The fraction of sp³-hybridized carbons (Fsp3) is 0.500. The van der Waals surface area contributed by atoms with E-state index in [2.05, 4.69) is 0 Å². The summed E-state index contributed by atoms with van der Waals surface area (Å²) in [5, 5.41) is 9.62. The molecular formula is C12H16O4. The molecule has 1 aromatic rings. The van der Waals surface area contributed by atoms with Gasteiger partial charge in [0.1, 0.15) is 17.1 Å². The molecule has 0 unspecified atom stereocenters. The van der Waals surface area contributed by atoms with E-state index in [4.69, 9.17) is 4.42 Å². The highest BCUT2D eigenvalue weighted by atomic mass is 16.4. The summed E-state index contributed by atoms with van der Waals surface area (Å²) in [6, 6.07) is 1.35. The Morgan fingerprint density at radius 1 is 1.38 bits per heavy atom. The van der Waals surface area contributed by atoms with Crippen molar-refractivity contribution in [2.45, 2.75) is 39.5 Å². The summed E-state index contributed by atoms with van der Waals surface area (Å²) >= 11 is 0. The molecule has 0 fully saturated rings. The monoisotopic (exact) mass is 224 g/mol. The highest BCUT2D eigenvalue weighted by Gasteiger charge is 2.17. The van der Waals surface area contributed by atoms with Crippen molar-refractivity contribution in [3.05, 3.63) is 27.8 Å². The van der Waals surface area contributed by atoms with E-state index in [0.29, 0.717) is 18.6 Å². The third-order valence-electron chi connectivity index (χ3n) is 2.23. The topological polar surface area (TPSA) is 67.5 Å². The second-order valence-electron chi connectivity index (χ2n) is 3.68. The first-order valence-electron chi connectivity index (χ1n) is 5.49. The molecule has 0 aliphatic rings. The lowest BCUT2D eigenvalue weighted by Crippen LogP contribution is -2.15. The Labute approximate surface area is 93.9 Å². The van der Waals surface area contributed by atoms with Gasteiger partial charge in [0.2, 0.25) is 0 Å². The Kier molecular flexibility index (Phi) is 4.28. The van der Waals surface area contributed by atoms with E-state index in [-0.39, 0.29) is 23.5 Å². The molecule has 0 amide bonds. The van der Waals surface area contributed by atoms with E-state index in [1.54, 1.807) is 0 Å². The number of rotatable bonds is 5. The average Bonchev–Trinajstić information content (AvgIpc) is 2.17. The van der Waals surface area contributed by atoms with Crippen LogP contribution in [-0.2, 0) is 6.42 Å². The summed E-state index contributed by atoms with van der Waals surface area (Å²) in [5.74, 6) is -0.215. The van der Waals surface area contributed by atoms with Crippen LogP contribution in [0.4, 0.5) is 0 Å². The van der Waals surface area contributed by atoms with Crippen LogP contribution in [0.3, 0.4) is 0 Å². The molecule has 0 radical (unpaired) electrons. The van der Waals surface area contributed by atoms with E-state index in [1.165, 1.54) is 6.07 Å². The van der Waals surface area contributed by atoms with Gasteiger partial charge < -0.3 is 9.52 Å². The number of ketones is 1. The van der Waals surface area contributed by atoms with Gasteiger partial charge in [0.15, 0.2) is 5.78 Å². The van der Waals surface area contributed by atoms with E-state index in [0.717, 1.165) is 6.42 Å². The zero-order valence-electron chi connectivity index (χ0n) is 9.58. The van der Waals surface area contributed by atoms with Crippen molar-refractivity contribution in [1.29, 1.82) is 0 Å². The molecule has 0 saturated carbocycles. The highest BCUT2D eigenvalue weighted by Crippen LogP contribution is 2.17. The van der Waals surface area contributed by atoms with Crippen LogP contribution in [0.5, 0.6) is 5.75 Å². The SMILES string of the molecule is CCCC(=O)c1c(O)cc(CCC)oc1=O. The minimum atomic E-state index is -0.734. The number of carbonyl (C=O) groups excluding carboxylic acids is 1. The maximum absolute atomic E-state index is 11.5. The second kappa shape index (κ2) is 5.49. The summed E-state index contributed by atoms with van der Waals surface area (Å²) in [5.41, 5.74) is -0.955. The summed E-state index contributed by atoms with van der Waals surface area (Å²) in [6.07, 6.45) is 2.26. The van der Waals surface area contributed by atoms with Gasteiger partial charge in [0.25, 0.3) is 0 Å². The van der Waals surface area contributed by atoms with Crippen molar-refractivity contribution in [2.24, 2.45) is 0 Å². The maximum atomic E-state index is 11.5. The van der Waals surface area contributed by atoms with Crippen molar-refractivity contribution in [1.82, 2.24) is 0 Å². The molecule has 0 saturated heterocycles. The van der Waals surface area contributed by atoms with E-state index >= 15 is 0 Å². The summed E-state index contributed by atoms with van der Waals surface area (Å²) in [6.45, 7) is 3.77. The predicted octanol–water partition coefficient (Wildman–Crippen LogP) is 2.28. The van der Waals surface area contributed by atoms with Crippen molar-refractivity contribution >= 4 is 5.78 Å². The summed E-state index contributed by atoms with van der Waals surface area (Å²) in [7, 11) is 0. The van der Waals surface area contributed by atoms with Crippen molar-refractivity contribution in [3.63, 3.8) is 0 Å². The van der Waals surface area contributed by atoms with Gasteiger partial charge in [0, 0.05) is 18.9 Å². The van der Waals surface area contributed by atoms with E-state index in [1.807, 2.05) is 13.8 Å². The average molecular weight is 224 g/mol. The smallest absolute Gasteiger partial charge is 0.350 e. The van der Waals surface area contributed by atoms with Crippen molar-refractivity contribution in [2.75, 3.05) is 0 Å². The van der Waals surface area contributed by atoms with Crippen LogP contribution in [0.2, 0.25) is 0 Å². The molecule has 0 aromatic carbocycles. The first-order valence-corrected chi connectivity index (χ1v) is 5.49. The molecule has 4 heteroatoms. The standard InChI is InChI=1S/C12H16O4/c1-3-5-8-7-10(14)11(12(15)16-8)9(13)6-4-2/h7,14H,3-6H2,1-2H3. The Bertz CT molecular complexity index is 431. The molecule has 1 heterocycles. The lowest BCUT2D eigenvalue weighted by atomic mass is 10.1. The number of aromatic hydroxyl groups is 1. The molecule has 1 aromatic heterocycles. The number of hydrogen-bond acceptors (Lipinski definition) is 4. The third kappa shape index (κ3) is 2.72. The Morgan fingerprint density at radius 3 is 2.56 bits per heavy atom. The fourth-order valence-electron chi connectivity index (χ4n) is 1.51. The van der Waals surface area contributed by atoms with Crippen LogP contribution < -0.4 is 5.63 Å². The highest BCUT2D eigenvalue weighted by molar-refractivity contribution is 5.97. The molecule has 16 heavy (non-hydrogen) atoms. The van der Waals surface area contributed by atoms with Crippen LogP contribution in [0.15, 0.2) is 15.3 Å². The molecule has 0 spiro atoms. The molecule has 1 rings (SSSR count). The van der Waals surface area contributed by atoms with Gasteiger partial charge in [-0.1, -0.05) is 13.8 Å². The van der Waals surface area contributed by atoms with Crippen LogP contribution in [0, 0.1) is 0 Å². The molecule has 0 bridgehead atoms. The second-order valence-corrected chi connectivity index (χ2v) is 3.68. The number of aryl methyl sites for hydroxylation is 1. The van der Waals surface area contributed by atoms with Gasteiger partial charge in [-0.05, 0) is 12.8 Å². The zero-order valence-corrected chi connectivity index (χ0v) is 9.58. The van der Waals surface area contributed by atoms with Gasteiger partial charge in [-0.2, -0.15) is 0 Å². The Hall–Kier alpha value is -1.58. The number of carbonyl (C=O) groups is 1. The van der Waals surface area contributed by atoms with Gasteiger partial charge in [-0.15, -0.1) is 0 Å². The van der Waals surface area contributed by atoms with E-state index in [9.17, 15) is 14.7 Å². The molecule has 4 nitrogen and oxygen atoms in total. The first-order chi connectivity index (χ1) is 7.60. The number of hydrogen-bond donors (Lipinski definition) is 1. The van der Waals surface area contributed by atoms with Gasteiger partial charge in [-0.3, -0.25) is 4.79 Å². The maximum Gasteiger partial charge on any atom is 0.350 e. The quantitative estimate of drug-likeness (QED) is 0.779. The lowest BCUT2D eigenvalue weighted by Gasteiger charge is -2.03. The molecule has 88 valence electrons. The van der Waals surface area contributed by atoms with Crippen LogP contribution in [0.1, 0.15) is 49.2 Å². The molecule has 1 N–H and O–H groups in total. The van der Waals surface area contributed by atoms with Crippen LogP contribution >= 0.6 is 0 Å². The minimum absolute atomic E-state index is 0.221. The molecule has 0 atom stereocenters. The zero-order chi connectivity index (χ0) is 12.1. The summed E-state index contributed by atoms with van der Waals surface area (Å²) in [4.78, 5) is 23.0. The van der Waals surface area contributed by atoms with Crippen molar-refractivity contribution in [3.8, 4) is 5.75 Å². The minimum Gasteiger partial charge on any atom is -0.507 e. The van der Waals surface area contributed by atoms with Crippen LogP contribution in [0.25, 0.3) is 0 Å². The van der Waals surface area contributed by atoms with Crippen molar-refractivity contribution < 1.29 is 14.3 Å². The fourth-order valence-corrected chi connectivity index (χ4v) is 1.51. The first kappa shape index (κ1) is 12.5. The third-order valence-corrected chi connectivity index (χ3v) is 2.23. The predicted molar refractivity (Wildman–Crippen MR) is 59.9 cm³/mol. The van der Waals surface area contributed by atoms with Gasteiger partial charge >= 0.3 is 5.63 Å². The molecule has 0 aliphatic heterocycles. The van der Waals surface area contributed by atoms with Gasteiger partial charge in [0.05, 0.1) is 0 Å². The Balaban J connectivity index is 3.12. The number of Topliss-reactive ketones (excluding diaryl/α,β-unsaturated/α-hetero) is 1. The van der Waals surface area contributed by atoms with Crippen LogP contribution in [-0.4, -0.2) is 10.9 Å². The molecular weight excluding hydrogens is 208 g/mol. The summed E-state index contributed by atoms with van der Waals surface area (Å²) < 4.78 is 4.96. The Morgan fingerprint density at radius 2 is 2.06 bits per heavy atom. The van der Waals surface area contributed by atoms with E-state index < -0.39 is 5.63 Å². The molecule has 0 aliphatic carbocycles. The largest absolute Gasteiger partial charge is 0.507 e. The normalized spacial score (nSPS) is 10.4. The van der Waals surface area contributed by atoms with Gasteiger partial charge in [-0.25, -0.2) is 4.79 Å².